The summed E-state index contributed by atoms with van der Waals surface area (Å²) in [5.74, 6) is 1.05. The SMILES string of the molecule is CC(Oc1cccc(Cl)c1Cl)C(=O)NCC(c1ccco1)N1CCCCC1. The molecule has 1 aliphatic rings. The number of furan rings is 1. The quantitative estimate of drug-likeness (QED) is 0.718. The Labute approximate surface area is 169 Å². The highest BCUT2D eigenvalue weighted by atomic mass is 35.5. The Morgan fingerprint density at radius 2 is 2.00 bits per heavy atom. The van der Waals surface area contributed by atoms with Gasteiger partial charge in [-0.15, -0.1) is 0 Å². The van der Waals surface area contributed by atoms with Gasteiger partial charge in [-0.3, -0.25) is 9.69 Å². The van der Waals surface area contributed by atoms with Gasteiger partial charge < -0.3 is 14.5 Å². The van der Waals surface area contributed by atoms with E-state index in [1.807, 2.05) is 12.1 Å². The number of carbonyl (C=O) groups is 1. The normalized spacial score (nSPS) is 17.3. The van der Waals surface area contributed by atoms with Gasteiger partial charge in [0, 0.05) is 6.54 Å². The van der Waals surface area contributed by atoms with E-state index in [1.54, 1.807) is 31.4 Å². The molecule has 1 amide bonds. The molecule has 1 aromatic carbocycles. The molecular formula is C20H24Cl2N2O3. The van der Waals surface area contributed by atoms with Crippen LogP contribution in [0, 0.1) is 0 Å². The summed E-state index contributed by atoms with van der Waals surface area (Å²) >= 11 is 12.1. The lowest BCUT2D eigenvalue weighted by molar-refractivity contribution is -0.127. The van der Waals surface area contributed by atoms with Crippen molar-refractivity contribution in [1.82, 2.24) is 10.2 Å². The number of ether oxygens (including phenoxy) is 1. The maximum absolute atomic E-state index is 12.5. The molecule has 0 bridgehead atoms. The summed E-state index contributed by atoms with van der Waals surface area (Å²) in [6, 6.07) is 8.95. The van der Waals surface area contributed by atoms with Gasteiger partial charge in [0.15, 0.2) is 6.10 Å². The Balaban J connectivity index is 1.60. The molecule has 146 valence electrons. The van der Waals surface area contributed by atoms with Crippen LogP contribution in [0.5, 0.6) is 5.75 Å². The van der Waals surface area contributed by atoms with Crippen molar-refractivity contribution in [1.29, 1.82) is 0 Å². The summed E-state index contributed by atoms with van der Waals surface area (Å²) in [5, 5.41) is 3.68. The number of nitrogens with one attached hydrogen (secondary N) is 1. The van der Waals surface area contributed by atoms with Gasteiger partial charge in [0.25, 0.3) is 5.91 Å². The molecular weight excluding hydrogens is 387 g/mol. The van der Waals surface area contributed by atoms with Gasteiger partial charge in [-0.25, -0.2) is 0 Å². The number of benzene rings is 1. The molecule has 3 rings (SSSR count). The van der Waals surface area contributed by atoms with Crippen molar-refractivity contribution in [2.24, 2.45) is 0 Å². The number of halogens is 2. The number of hydrogen-bond acceptors (Lipinski definition) is 4. The van der Waals surface area contributed by atoms with Crippen LogP contribution in [0.1, 0.15) is 38.0 Å². The second kappa shape index (κ2) is 9.49. The van der Waals surface area contributed by atoms with E-state index < -0.39 is 6.10 Å². The van der Waals surface area contributed by atoms with Crippen molar-refractivity contribution >= 4 is 29.1 Å². The van der Waals surface area contributed by atoms with Crippen LogP contribution in [0.25, 0.3) is 0 Å². The summed E-state index contributed by atoms with van der Waals surface area (Å²) < 4.78 is 11.3. The van der Waals surface area contributed by atoms with Crippen molar-refractivity contribution in [3.8, 4) is 5.75 Å². The van der Waals surface area contributed by atoms with Crippen LogP contribution in [0.15, 0.2) is 41.0 Å². The lowest BCUT2D eigenvalue weighted by Gasteiger charge is -2.33. The molecule has 1 N–H and O–H groups in total. The monoisotopic (exact) mass is 410 g/mol. The minimum atomic E-state index is -0.695. The van der Waals surface area contributed by atoms with E-state index in [0.29, 0.717) is 22.3 Å². The third-order valence-corrected chi connectivity index (χ3v) is 5.56. The fourth-order valence-corrected chi connectivity index (χ4v) is 3.62. The third kappa shape index (κ3) is 5.18. The Bertz CT molecular complexity index is 746. The third-order valence-electron chi connectivity index (χ3n) is 4.76. The van der Waals surface area contributed by atoms with Gasteiger partial charge in [0.1, 0.15) is 16.5 Å². The number of nitrogens with zero attached hydrogens (tertiary/aromatic N) is 1. The average molecular weight is 411 g/mol. The van der Waals surface area contributed by atoms with E-state index in [1.165, 1.54) is 6.42 Å². The zero-order chi connectivity index (χ0) is 19.2. The van der Waals surface area contributed by atoms with Crippen LogP contribution in [-0.2, 0) is 4.79 Å². The predicted molar refractivity (Wildman–Crippen MR) is 106 cm³/mol. The van der Waals surface area contributed by atoms with Crippen LogP contribution in [0.3, 0.4) is 0 Å². The van der Waals surface area contributed by atoms with E-state index in [2.05, 4.69) is 10.2 Å². The smallest absolute Gasteiger partial charge is 0.260 e. The Morgan fingerprint density at radius 1 is 1.22 bits per heavy atom. The van der Waals surface area contributed by atoms with Gasteiger partial charge >= 0.3 is 0 Å². The number of amides is 1. The summed E-state index contributed by atoms with van der Waals surface area (Å²) in [6.07, 6.45) is 4.55. The van der Waals surface area contributed by atoms with Crippen molar-refractivity contribution in [2.75, 3.05) is 19.6 Å². The first-order valence-electron chi connectivity index (χ1n) is 9.22. The molecule has 2 aromatic rings. The Kier molecular flexibility index (Phi) is 7.05. The maximum atomic E-state index is 12.5. The van der Waals surface area contributed by atoms with Crippen molar-refractivity contribution in [2.45, 2.75) is 38.3 Å². The first-order chi connectivity index (χ1) is 13.1. The maximum Gasteiger partial charge on any atom is 0.260 e. The summed E-state index contributed by atoms with van der Waals surface area (Å²) in [6.45, 7) is 4.16. The molecule has 0 radical (unpaired) electrons. The van der Waals surface area contributed by atoms with E-state index >= 15 is 0 Å². The second-order valence-electron chi connectivity index (χ2n) is 6.69. The van der Waals surface area contributed by atoms with Gasteiger partial charge in [0.05, 0.1) is 17.3 Å². The van der Waals surface area contributed by atoms with E-state index in [4.69, 9.17) is 32.4 Å². The van der Waals surface area contributed by atoms with Crippen LogP contribution < -0.4 is 10.1 Å². The topological polar surface area (TPSA) is 54.7 Å². The number of likely N-dealkylation sites (tertiary alicyclic amines) is 1. The minimum Gasteiger partial charge on any atom is -0.479 e. The number of carbonyl (C=O) groups excluding carboxylic acids is 1. The van der Waals surface area contributed by atoms with Crippen molar-refractivity contribution in [3.63, 3.8) is 0 Å². The van der Waals surface area contributed by atoms with Gasteiger partial charge in [-0.1, -0.05) is 35.7 Å². The highest BCUT2D eigenvalue weighted by Crippen LogP contribution is 2.32. The lowest BCUT2D eigenvalue weighted by atomic mass is 10.1. The molecule has 2 atom stereocenters. The molecule has 1 aliphatic heterocycles. The molecule has 1 saturated heterocycles. The van der Waals surface area contributed by atoms with Gasteiger partial charge in [-0.2, -0.15) is 0 Å². The van der Waals surface area contributed by atoms with E-state index in [-0.39, 0.29) is 11.9 Å². The van der Waals surface area contributed by atoms with Crippen molar-refractivity contribution in [3.05, 3.63) is 52.4 Å². The fraction of sp³-hybridized carbons (Fsp3) is 0.450. The highest BCUT2D eigenvalue weighted by Gasteiger charge is 2.26. The standard InChI is InChI=1S/C20H24Cl2N2O3/c1-14(27-18-8-5-7-15(21)19(18)22)20(25)23-13-16(17-9-6-12-26-17)24-10-3-2-4-11-24/h5-9,12,14,16H,2-4,10-11,13H2,1H3,(H,23,25). The molecule has 0 saturated carbocycles. The highest BCUT2D eigenvalue weighted by molar-refractivity contribution is 6.42. The van der Waals surface area contributed by atoms with E-state index in [0.717, 1.165) is 31.7 Å². The summed E-state index contributed by atoms with van der Waals surface area (Å²) in [4.78, 5) is 14.9. The van der Waals surface area contributed by atoms with Gasteiger partial charge in [0.2, 0.25) is 0 Å². The van der Waals surface area contributed by atoms with E-state index in [9.17, 15) is 4.79 Å². The van der Waals surface area contributed by atoms with Crippen molar-refractivity contribution < 1.29 is 13.9 Å². The molecule has 27 heavy (non-hydrogen) atoms. The summed E-state index contributed by atoms with van der Waals surface area (Å²) in [7, 11) is 0. The summed E-state index contributed by atoms with van der Waals surface area (Å²) in [5.41, 5.74) is 0. The zero-order valence-electron chi connectivity index (χ0n) is 15.3. The average Bonchev–Trinajstić information content (AvgIpc) is 3.20. The molecule has 2 heterocycles. The molecule has 5 nitrogen and oxygen atoms in total. The van der Waals surface area contributed by atoms with Gasteiger partial charge in [-0.05, 0) is 57.1 Å². The Morgan fingerprint density at radius 3 is 2.70 bits per heavy atom. The lowest BCUT2D eigenvalue weighted by Crippen LogP contribution is -2.43. The Hall–Kier alpha value is -1.69. The number of piperidine rings is 1. The molecule has 0 aliphatic carbocycles. The van der Waals surface area contributed by atoms with Crippen LogP contribution in [0.4, 0.5) is 0 Å². The molecule has 7 heteroatoms. The molecule has 1 fully saturated rings. The fourth-order valence-electron chi connectivity index (χ4n) is 3.28. The zero-order valence-corrected chi connectivity index (χ0v) is 16.8. The number of hydrogen-bond donors (Lipinski definition) is 1. The largest absolute Gasteiger partial charge is 0.479 e. The molecule has 2 unspecified atom stereocenters. The van der Waals surface area contributed by atoms with Crippen LogP contribution in [-0.4, -0.2) is 36.5 Å². The van der Waals surface area contributed by atoms with Crippen LogP contribution >= 0.6 is 23.2 Å². The second-order valence-corrected chi connectivity index (χ2v) is 7.47. The molecule has 0 spiro atoms. The number of rotatable bonds is 7. The predicted octanol–water partition coefficient (Wildman–Crippen LogP) is 4.70. The minimum absolute atomic E-state index is 0.0196. The first-order valence-corrected chi connectivity index (χ1v) is 9.97. The van der Waals surface area contributed by atoms with Crippen LogP contribution in [0.2, 0.25) is 10.0 Å². The first kappa shape index (κ1) is 20.1. The molecule has 1 aromatic heterocycles.